The average Bonchev–Trinajstić information content (AvgIpc) is 2.25. The Bertz CT molecular complexity index is 450. The van der Waals surface area contributed by atoms with E-state index >= 15 is 0 Å². The molecule has 2 heterocycles. The number of carbonyl (C=O) groups is 3. The Morgan fingerprint density at radius 2 is 2.12 bits per heavy atom. The first kappa shape index (κ1) is 10.4. The minimum Gasteiger partial charge on any atom is -0.465 e. The van der Waals surface area contributed by atoms with Crippen molar-refractivity contribution in [1.82, 2.24) is 9.80 Å². The Balaban J connectivity index is 2.37. The lowest BCUT2D eigenvalue weighted by molar-refractivity contribution is -0.133. The highest BCUT2D eigenvalue weighted by molar-refractivity contribution is 6.11. The predicted octanol–water partition coefficient (Wildman–Crippen LogP) is 0.179. The summed E-state index contributed by atoms with van der Waals surface area (Å²) in [5, 5.41) is 8.79. The topological polar surface area (TPSA) is 77.9 Å². The standard InChI is InChI=1S/C10H10N2O4/c1-11-7-2-3-12(10(15)16)5-6(7)8(13)4-9(11)14/h2-3H,4-5H2,1H3,(H,15,16). The van der Waals surface area contributed by atoms with Gasteiger partial charge in [-0.3, -0.25) is 14.5 Å². The third-order valence-electron chi connectivity index (χ3n) is 2.68. The molecular weight excluding hydrogens is 212 g/mol. The van der Waals surface area contributed by atoms with E-state index in [2.05, 4.69) is 0 Å². The van der Waals surface area contributed by atoms with Gasteiger partial charge in [-0.25, -0.2) is 4.79 Å². The lowest BCUT2D eigenvalue weighted by atomic mass is 9.98. The molecule has 0 spiro atoms. The zero-order chi connectivity index (χ0) is 11.9. The summed E-state index contributed by atoms with van der Waals surface area (Å²) >= 11 is 0. The van der Waals surface area contributed by atoms with E-state index < -0.39 is 6.09 Å². The first-order valence-corrected chi connectivity index (χ1v) is 4.71. The quantitative estimate of drug-likeness (QED) is 0.593. The van der Waals surface area contributed by atoms with Crippen LogP contribution in [0.25, 0.3) is 0 Å². The van der Waals surface area contributed by atoms with E-state index in [0.717, 1.165) is 4.90 Å². The van der Waals surface area contributed by atoms with Crippen molar-refractivity contribution in [2.45, 2.75) is 6.42 Å². The van der Waals surface area contributed by atoms with E-state index in [1.54, 1.807) is 7.05 Å². The van der Waals surface area contributed by atoms with Crippen LogP contribution in [0.4, 0.5) is 4.79 Å². The number of carbonyl (C=O) groups excluding carboxylic acids is 2. The van der Waals surface area contributed by atoms with Crippen molar-refractivity contribution >= 4 is 17.8 Å². The van der Waals surface area contributed by atoms with Crippen LogP contribution in [0.2, 0.25) is 0 Å². The molecule has 1 N–H and O–H groups in total. The highest BCUT2D eigenvalue weighted by Crippen LogP contribution is 2.24. The van der Waals surface area contributed by atoms with Crippen LogP contribution in [-0.2, 0) is 9.59 Å². The number of carboxylic acid groups (broad SMARTS) is 1. The smallest absolute Gasteiger partial charge is 0.411 e. The van der Waals surface area contributed by atoms with Crippen molar-refractivity contribution in [3.05, 3.63) is 23.5 Å². The second kappa shape index (κ2) is 3.48. The van der Waals surface area contributed by atoms with Gasteiger partial charge < -0.3 is 10.0 Å². The molecule has 2 amide bonds. The summed E-state index contributed by atoms with van der Waals surface area (Å²) < 4.78 is 0. The van der Waals surface area contributed by atoms with E-state index in [1.165, 1.54) is 17.2 Å². The molecular formula is C10H10N2O4. The molecule has 16 heavy (non-hydrogen) atoms. The number of ketones is 1. The molecule has 0 fully saturated rings. The molecule has 84 valence electrons. The summed E-state index contributed by atoms with van der Waals surface area (Å²) in [5.41, 5.74) is 0.880. The Hall–Kier alpha value is -2.11. The van der Waals surface area contributed by atoms with Gasteiger partial charge in [0.05, 0.1) is 18.7 Å². The van der Waals surface area contributed by atoms with Gasteiger partial charge in [-0.15, -0.1) is 0 Å². The monoisotopic (exact) mass is 222 g/mol. The zero-order valence-corrected chi connectivity index (χ0v) is 8.64. The molecule has 0 aliphatic carbocycles. The van der Waals surface area contributed by atoms with E-state index in [-0.39, 0.29) is 24.7 Å². The fourth-order valence-electron chi connectivity index (χ4n) is 1.74. The number of allylic oxidation sites excluding steroid dienone is 1. The Labute approximate surface area is 91.4 Å². The normalized spacial score (nSPS) is 20.3. The van der Waals surface area contributed by atoms with Gasteiger partial charge in [0.1, 0.15) is 0 Å². The minimum absolute atomic E-state index is 0.0115. The van der Waals surface area contributed by atoms with E-state index in [9.17, 15) is 14.4 Å². The predicted molar refractivity (Wildman–Crippen MR) is 53.3 cm³/mol. The summed E-state index contributed by atoms with van der Waals surface area (Å²) in [6.45, 7) is 0.0115. The highest BCUT2D eigenvalue weighted by atomic mass is 16.4. The lowest BCUT2D eigenvalue weighted by Crippen LogP contribution is -2.40. The fraction of sp³-hybridized carbons (Fsp3) is 0.300. The van der Waals surface area contributed by atoms with Gasteiger partial charge in [-0.05, 0) is 6.08 Å². The Morgan fingerprint density at radius 3 is 2.75 bits per heavy atom. The number of rotatable bonds is 0. The van der Waals surface area contributed by atoms with Crippen LogP contribution in [0.3, 0.4) is 0 Å². The van der Waals surface area contributed by atoms with Gasteiger partial charge in [0.15, 0.2) is 5.78 Å². The average molecular weight is 222 g/mol. The molecule has 2 rings (SSSR count). The molecule has 2 aliphatic heterocycles. The molecule has 0 saturated heterocycles. The molecule has 0 atom stereocenters. The first-order chi connectivity index (χ1) is 7.50. The maximum atomic E-state index is 11.6. The SMILES string of the molecule is CN1C(=O)CC(=O)C2=C1C=CN(C(=O)O)C2. The molecule has 2 aliphatic rings. The molecule has 0 radical (unpaired) electrons. The Morgan fingerprint density at radius 1 is 1.44 bits per heavy atom. The maximum absolute atomic E-state index is 11.6. The van der Waals surface area contributed by atoms with Crippen LogP contribution in [0, 0.1) is 0 Å². The molecule has 6 heteroatoms. The van der Waals surface area contributed by atoms with Crippen molar-refractivity contribution in [3.63, 3.8) is 0 Å². The second-order valence-electron chi connectivity index (χ2n) is 3.64. The molecule has 0 saturated carbocycles. The van der Waals surface area contributed by atoms with Crippen LogP contribution >= 0.6 is 0 Å². The number of hydrogen-bond acceptors (Lipinski definition) is 3. The summed E-state index contributed by atoms with van der Waals surface area (Å²) in [5.74, 6) is -0.564. The summed E-state index contributed by atoms with van der Waals surface area (Å²) in [6.07, 6.45) is 1.53. The van der Waals surface area contributed by atoms with Crippen molar-refractivity contribution in [2.24, 2.45) is 0 Å². The van der Waals surface area contributed by atoms with Crippen LogP contribution in [0.5, 0.6) is 0 Å². The van der Waals surface area contributed by atoms with Crippen LogP contribution < -0.4 is 0 Å². The molecule has 6 nitrogen and oxygen atoms in total. The number of hydrogen-bond donors (Lipinski definition) is 1. The molecule has 0 aromatic rings. The van der Waals surface area contributed by atoms with Crippen LogP contribution in [0.15, 0.2) is 23.5 Å². The Kier molecular flexibility index (Phi) is 2.26. The summed E-state index contributed by atoms with van der Waals surface area (Å²) in [4.78, 5) is 36.1. The third kappa shape index (κ3) is 1.48. The van der Waals surface area contributed by atoms with Gasteiger partial charge in [-0.2, -0.15) is 0 Å². The number of nitrogens with zero attached hydrogens (tertiary/aromatic N) is 2. The number of amides is 2. The largest absolute Gasteiger partial charge is 0.465 e. The molecule has 0 unspecified atom stereocenters. The summed E-state index contributed by atoms with van der Waals surface area (Å²) in [6, 6.07) is 0. The minimum atomic E-state index is -1.12. The second-order valence-corrected chi connectivity index (χ2v) is 3.64. The fourth-order valence-corrected chi connectivity index (χ4v) is 1.74. The summed E-state index contributed by atoms with van der Waals surface area (Å²) in [7, 11) is 1.57. The van der Waals surface area contributed by atoms with Crippen molar-refractivity contribution in [1.29, 1.82) is 0 Å². The molecule has 0 aromatic heterocycles. The van der Waals surface area contributed by atoms with Gasteiger partial charge in [0.2, 0.25) is 5.91 Å². The van der Waals surface area contributed by atoms with Gasteiger partial charge >= 0.3 is 6.09 Å². The van der Waals surface area contributed by atoms with Crippen LogP contribution in [0.1, 0.15) is 6.42 Å². The van der Waals surface area contributed by atoms with Crippen molar-refractivity contribution in [3.8, 4) is 0 Å². The van der Waals surface area contributed by atoms with Gasteiger partial charge in [-0.1, -0.05) is 0 Å². The lowest BCUT2D eigenvalue weighted by Gasteiger charge is -2.31. The van der Waals surface area contributed by atoms with E-state index in [4.69, 9.17) is 5.11 Å². The number of Topliss-reactive ketones (excluding diaryl/α,β-unsaturated/α-hetero) is 1. The first-order valence-electron chi connectivity index (χ1n) is 4.71. The van der Waals surface area contributed by atoms with Gasteiger partial charge in [0.25, 0.3) is 0 Å². The highest BCUT2D eigenvalue weighted by Gasteiger charge is 2.32. The van der Waals surface area contributed by atoms with Crippen molar-refractivity contribution < 1.29 is 19.5 Å². The number of likely N-dealkylation sites (N-methyl/N-ethyl adjacent to an activating group) is 1. The molecule has 0 bridgehead atoms. The van der Waals surface area contributed by atoms with E-state index in [0.29, 0.717) is 11.3 Å². The van der Waals surface area contributed by atoms with E-state index in [1.807, 2.05) is 0 Å². The third-order valence-corrected chi connectivity index (χ3v) is 2.68. The van der Waals surface area contributed by atoms with Gasteiger partial charge in [0, 0.05) is 18.8 Å². The zero-order valence-electron chi connectivity index (χ0n) is 8.64. The maximum Gasteiger partial charge on any atom is 0.411 e. The molecule has 0 aromatic carbocycles. The van der Waals surface area contributed by atoms with Crippen LogP contribution in [-0.4, -0.2) is 46.3 Å². The van der Waals surface area contributed by atoms with Crippen molar-refractivity contribution in [2.75, 3.05) is 13.6 Å².